The van der Waals surface area contributed by atoms with Crippen LogP contribution in [0.15, 0.2) is 10.7 Å². The van der Waals surface area contributed by atoms with Crippen molar-refractivity contribution >= 4 is 6.34 Å². The summed E-state index contributed by atoms with van der Waals surface area (Å²) >= 11 is 0. The monoisotopic (exact) mass is 239 g/mol. The molecule has 0 aliphatic carbocycles. The standard InChI is InChI=1S/C9H14N2.Y/c1-8(2)6-9(3)11-5-4-10-7-11;/h3,8H,4-6H2,1-2H3;/q-2;. The summed E-state index contributed by atoms with van der Waals surface area (Å²) in [6.45, 7) is 11.8. The molecule has 12 heavy (non-hydrogen) atoms. The maximum absolute atomic E-state index is 5.80. The summed E-state index contributed by atoms with van der Waals surface area (Å²) in [5, 5.41) is 0. The van der Waals surface area contributed by atoms with Gasteiger partial charge in [0, 0.05) is 45.8 Å². The van der Waals surface area contributed by atoms with Gasteiger partial charge >= 0.3 is 0 Å². The first-order valence-corrected chi connectivity index (χ1v) is 4.01. The minimum atomic E-state index is 0. The Morgan fingerprint density at radius 3 is 2.75 bits per heavy atom. The number of nitrogens with zero attached hydrogens (tertiary/aromatic N) is 2. The largest absolute Gasteiger partial charge is 0.599 e. The van der Waals surface area contributed by atoms with E-state index in [0.29, 0.717) is 5.92 Å². The van der Waals surface area contributed by atoms with Gasteiger partial charge in [0.2, 0.25) is 0 Å². The van der Waals surface area contributed by atoms with Crippen molar-refractivity contribution in [2.45, 2.75) is 20.3 Å². The predicted molar refractivity (Wildman–Crippen MR) is 46.3 cm³/mol. The second-order valence-electron chi connectivity index (χ2n) is 3.22. The van der Waals surface area contributed by atoms with Crippen LogP contribution in [0.5, 0.6) is 0 Å². The molecule has 0 aromatic rings. The molecule has 0 spiro atoms. The first kappa shape index (κ1) is 12.3. The van der Waals surface area contributed by atoms with Crippen LogP contribution in [0.1, 0.15) is 20.3 Å². The van der Waals surface area contributed by atoms with Gasteiger partial charge in [-0.05, 0) is 0 Å². The molecule has 0 amide bonds. The Morgan fingerprint density at radius 2 is 2.33 bits per heavy atom. The van der Waals surface area contributed by atoms with E-state index >= 15 is 0 Å². The summed E-state index contributed by atoms with van der Waals surface area (Å²) in [5.74, 6) is 0.609. The molecule has 65 valence electrons. The molecule has 0 fully saturated rings. The van der Waals surface area contributed by atoms with E-state index in [1.54, 1.807) is 0 Å². The normalized spacial score (nSPS) is 15.1. The first-order valence-electron chi connectivity index (χ1n) is 4.01. The molecule has 1 aliphatic heterocycles. The van der Waals surface area contributed by atoms with Crippen molar-refractivity contribution in [1.82, 2.24) is 4.90 Å². The van der Waals surface area contributed by atoms with E-state index in [9.17, 15) is 0 Å². The molecule has 0 N–H and O–H groups in total. The second kappa shape index (κ2) is 5.87. The molecule has 0 aromatic carbocycles. The van der Waals surface area contributed by atoms with Crippen molar-refractivity contribution in [3.8, 4) is 0 Å². The van der Waals surface area contributed by atoms with Crippen LogP contribution in [0, 0.1) is 12.5 Å². The molecule has 3 heteroatoms. The number of allylic oxidation sites excluding steroid dienone is 1. The van der Waals surface area contributed by atoms with E-state index in [-0.39, 0.29) is 32.7 Å². The number of hydrogen-bond donors (Lipinski definition) is 0. The number of aliphatic imine (C=N–C) groups is 1. The molecule has 0 aromatic heterocycles. The molecular formula is C9H14N2Y-2. The molecule has 0 saturated carbocycles. The van der Waals surface area contributed by atoms with Gasteiger partial charge in [0.25, 0.3) is 0 Å². The van der Waals surface area contributed by atoms with Gasteiger partial charge in [0.05, 0.1) is 0 Å². The summed E-state index contributed by atoms with van der Waals surface area (Å²) in [7, 11) is 0. The van der Waals surface area contributed by atoms with Gasteiger partial charge < -0.3 is 22.2 Å². The zero-order valence-electron chi connectivity index (χ0n) is 7.75. The van der Waals surface area contributed by atoms with Crippen molar-refractivity contribution in [3.05, 3.63) is 12.3 Å². The Balaban J connectivity index is 0.00000121. The third-order valence-corrected chi connectivity index (χ3v) is 1.59. The molecule has 1 rings (SSSR count). The van der Waals surface area contributed by atoms with Gasteiger partial charge in [-0.2, -0.15) is 0 Å². The fourth-order valence-corrected chi connectivity index (χ4v) is 1.07. The Morgan fingerprint density at radius 1 is 1.67 bits per heavy atom. The molecule has 2 nitrogen and oxygen atoms in total. The zero-order chi connectivity index (χ0) is 8.27. The minimum absolute atomic E-state index is 0. The van der Waals surface area contributed by atoms with Crippen molar-refractivity contribution in [3.63, 3.8) is 0 Å². The van der Waals surface area contributed by atoms with E-state index in [1.807, 2.05) is 4.90 Å². The minimum Gasteiger partial charge on any atom is -0.599 e. The number of rotatable bonds is 3. The quantitative estimate of drug-likeness (QED) is 0.682. The van der Waals surface area contributed by atoms with Gasteiger partial charge in [-0.15, -0.1) is 6.42 Å². The van der Waals surface area contributed by atoms with Crippen LogP contribution >= 0.6 is 0 Å². The average Bonchev–Trinajstić information content (AvgIpc) is 2.35. The SMILES string of the molecule is [CH-]=C(CC(C)C)N1[C-]=NCC1.[Y]. The van der Waals surface area contributed by atoms with Crippen molar-refractivity contribution < 1.29 is 32.7 Å². The van der Waals surface area contributed by atoms with Crippen LogP contribution in [0.3, 0.4) is 0 Å². The third-order valence-electron chi connectivity index (χ3n) is 1.59. The first-order chi connectivity index (χ1) is 5.20. The van der Waals surface area contributed by atoms with Crippen molar-refractivity contribution in [2.24, 2.45) is 10.9 Å². The molecule has 1 heterocycles. The van der Waals surface area contributed by atoms with Crippen LogP contribution in [-0.2, 0) is 32.7 Å². The average molecular weight is 239 g/mol. The molecular weight excluding hydrogens is 225 g/mol. The topological polar surface area (TPSA) is 15.6 Å². The van der Waals surface area contributed by atoms with E-state index in [1.165, 1.54) is 0 Å². The maximum Gasteiger partial charge on any atom is 0.0339 e. The molecule has 1 aliphatic rings. The molecule has 1 radical (unpaired) electrons. The Kier molecular flexibility index (Phi) is 6.03. The van der Waals surface area contributed by atoms with Crippen LogP contribution in [0.4, 0.5) is 0 Å². The molecule has 0 unspecified atom stereocenters. The fraction of sp³-hybridized carbons (Fsp3) is 0.667. The van der Waals surface area contributed by atoms with Gasteiger partial charge in [0.15, 0.2) is 0 Å². The van der Waals surface area contributed by atoms with Gasteiger partial charge in [0.1, 0.15) is 0 Å². The van der Waals surface area contributed by atoms with Crippen LogP contribution in [-0.4, -0.2) is 24.3 Å². The Bertz CT molecular complexity index is 175. The summed E-state index contributed by atoms with van der Waals surface area (Å²) in [4.78, 5) is 5.87. The van der Waals surface area contributed by atoms with Gasteiger partial charge in [-0.25, -0.2) is 0 Å². The van der Waals surface area contributed by atoms with Crippen molar-refractivity contribution in [1.29, 1.82) is 0 Å². The fourth-order valence-electron chi connectivity index (χ4n) is 1.07. The summed E-state index contributed by atoms with van der Waals surface area (Å²) in [6.07, 6.45) is 3.79. The van der Waals surface area contributed by atoms with E-state index in [4.69, 9.17) is 6.58 Å². The van der Waals surface area contributed by atoms with Crippen LogP contribution < -0.4 is 0 Å². The third kappa shape index (κ3) is 3.82. The van der Waals surface area contributed by atoms with Crippen molar-refractivity contribution in [2.75, 3.05) is 13.1 Å². The molecule has 0 saturated heterocycles. The Labute approximate surface area is 100 Å². The van der Waals surface area contributed by atoms with Crippen LogP contribution in [0.2, 0.25) is 0 Å². The van der Waals surface area contributed by atoms with E-state index in [2.05, 4.69) is 25.2 Å². The van der Waals surface area contributed by atoms with Gasteiger partial charge in [-0.1, -0.05) is 26.1 Å². The van der Waals surface area contributed by atoms with E-state index in [0.717, 1.165) is 25.2 Å². The molecule has 0 bridgehead atoms. The summed E-state index contributed by atoms with van der Waals surface area (Å²) in [6, 6.07) is 0. The summed E-state index contributed by atoms with van der Waals surface area (Å²) < 4.78 is 0. The van der Waals surface area contributed by atoms with Gasteiger partial charge in [-0.3, -0.25) is 0 Å². The smallest absolute Gasteiger partial charge is 0.0339 e. The Hall–Kier alpha value is 0.314. The van der Waals surface area contributed by atoms with Crippen LogP contribution in [0.25, 0.3) is 0 Å². The zero-order valence-corrected chi connectivity index (χ0v) is 10.6. The van der Waals surface area contributed by atoms with E-state index < -0.39 is 0 Å². The maximum atomic E-state index is 5.80. The summed E-state index contributed by atoms with van der Waals surface area (Å²) in [5.41, 5.74) is 0.890. The molecule has 0 atom stereocenters. The predicted octanol–water partition coefficient (Wildman–Crippen LogP) is 1.57. The second-order valence-corrected chi connectivity index (χ2v) is 3.22. The number of hydrogen-bond acceptors (Lipinski definition) is 2.